The van der Waals surface area contributed by atoms with Crippen LogP contribution in [0.4, 0.5) is 13.6 Å². The molecule has 10 heteroatoms. The number of hydrogen-bond donors (Lipinski definition) is 0. The minimum absolute atomic E-state index is 0.124. The first kappa shape index (κ1) is 18.2. The average molecular weight is 404 g/mol. The second-order valence-electron chi connectivity index (χ2n) is 5.73. The van der Waals surface area contributed by atoms with Gasteiger partial charge in [-0.05, 0) is 24.3 Å². The standard InChI is InChI=1S/C18H14F2N4O3S/c19-12-6-7-15(14(20)10-12)26-11-16-21-22-17-24(16)23(8-9-28-17)18(25)27-13-4-2-1-3-5-13/h1-7,10H,8-9,11H2. The number of nitrogens with zero attached hydrogens (tertiary/aromatic N) is 4. The summed E-state index contributed by atoms with van der Waals surface area (Å²) in [6, 6.07) is 11.7. The second kappa shape index (κ2) is 7.85. The molecule has 28 heavy (non-hydrogen) atoms. The van der Waals surface area contributed by atoms with E-state index in [0.29, 0.717) is 23.2 Å². The fourth-order valence-corrected chi connectivity index (χ4v) is 3.46. The van der Waals surface area contributed by atoms with Crippen LogP contribution < -0.4 is 14.5 Å². The van der Waals surface area contributed by atoms with Crippen LogP contribution in [0.3, 0.4) is 0 Å². The molecule has 0 radical (unpaired) electrons. The Morgan fingerprint density at radius 1 is 1.14 bits per heavy atom. The van der Waals surface area contributed by atoms with Crippen molar-refractivity contribution in [2.45, 2.75) is 11.8 Å². The van der Waals surface area contributed by atoms with Gasteiger partial charge in [-0.15, -0.1) is 10.2 Å². The van der Waals surface area contributed by atoms with E-state index in [1.807, 2.05) is 6.07 Å². The summed E-state index contributed by atoms with van der Waals surface area (Å²) in [5, 5.41) is 9.91. The highest BCUT2D eigenvalue weighted by Gasteiger charge is 2.29. The Hall–Kier alpha value is -3.14. The van der Waals surface area contributed by atoms with Gasteiger partial charge >= 0.3 is 6.09 Å². The zero-order valence-corrected chi connectivity index (χ0v) is 15.2. The fraction of sp³-hybridized carbons (Fsp3) is 0.167. The molecule has 0 saturated heterocycles. The normalized spacial score (nSPS) is 13.1. The van der Waals surface area contributed by atoms with Crippen LogP contribution in [0.25, 0.3) is 0 Å². The van der Waals surface area contributed by atoms with E-state index in [9.17, 15) is 13.6 Å². The number of fused-ring (bicyclic) bond motifs is 1. The van der Waals surface area contributed by atoms with Crippen molar-refractivity contribution in [2.75, 3.05) is 17.3 Å². The quantitative estimate of drug-likeness (QED) is 0.664. The largest absolute Gasteiger partial charge is 0.482 e. The molecule has 0 N–H and O–H groups in total. The van der Waals surface area contributed by atoms with Crippen LogP contribution in [0, 0.1) is 11.6 Å². The lowest BCUT2D eigenvalue weighted by molar-refractivity contribution is 0.197. The van der Waals surface area contributed by atoms with Crippen molar-refractivity contribution in [3.63, 3.8) is 0 Å². The number of halogens is 2. The molecule has 4 rings (SSSR count). The first-order valence-corrected chi connectivity index (χ1v) is 9.30. The molecule has 7 nitrogen and oxygen atoms in total. The highest BCUT2D eigenvalue weighted by atomic mass is 32.2. The minimum atomic E-state index is -0.826. The molecule has 0 bridgehead atoms. The van der Waals surface area contributed by atoms with E-state index in [1.165, 1.54) is 27.5 Å². The lowest BCUT2D eigenvalue weighted by Gasteiger charge is -2.28. The van der Waals surface area contributed by atoms with E-state index in [2.05, 4.69) is 10.2 Å². The number of para-hydroxylation sites is 1. The molecule has 144 valence electrons. The van der Waals surface area contributed by atoms with Crippen LogP contribution in [0.1, 0.15) is 5.82 Å². The number of carbonyl (C=O) groups excluding carboxylic acids is 1. The van der Waals surface area contributed by atoms with Gasteiger partial charge in [-0.2, -0.15) is 0 Å². The maximum atomic E-state index is 13.8. The molecular weight excluding hydrogens is 390 g/mol. The van der Waals surface area contributed by atoms with Gasteiger partial charge in [0.1, 0.15) is 18.2 Å². The van der Waals surface area contributed by atoms with Crippen LogP contribution in [0.5, 0.6) is 11.5 Å². The summed E-state index contributed by atoms with van der Waals surface area (Å²) in [5.74, 6) is -0.331. The number of carbonyl (C=O) groups is 1. The molecule has 0 spiro atoms. The van der Waals surface area contributed by atoms with E-state index in [4.69, 9.17) is 9.47 Å². The Labute approximate surface area is 162 Å². The maximum Gasteiger partial charge on any atom is 0.434 e. The van der Waals surface area contributed by atoms with Gasteiger partial charge < -0.3 is 9.47 Å². The van der Waals surface area contributed by atoms with Crippen LogP contribution in [0.2, 0.25) is 0 Å². The smallest absolute Gasteiger partial charge is 0.434 e. The molecule has 1 aromatic heterocycles. The number of benzene rings is 2. The molecule has 1 aliphatic rings. The summed E-state index contributed by atoms with van der Waals surface area (Å²) in [7, 11) is 0. The fourth-order valence-electron chi connectivity index (χ4n) is 2.59. The zero-order valence-electron chi connectivity index (χ0n) is 14.4. The average Bonchev–Trinajstić information content (AvgIpc) is 3.11. The Morgan fingerprint density at radius 2 is 1.96 bits per heavy atom. The van der Waals surface area contributed by atoms with E-state index < -0.39 is 17.7 Å². The topological polar surface area (TPSA) is 69.5 Å². The van der Waals surface area contributed by atoms with Gasteiger partial charge in [0.25, 0.3) is 0 Å². The maximum absolute atomic E-state index is 13.8. The number of amides is 1. The lowest BCUT2D eigenvalue weighted by atomic mass is 10.3. The monoisotopic (exact) mass is 404 g/mol. The highest BCUT2D eigenvalue weighted by molar-refractivity contribution is 7.99. The van der Waals surface area contributed by atoms with Crippen molar-refractivity contribution in [3.8, 4) is 11.5 Å². The molecule has 0 atom stereocenters. The summed E-state index contributed by atoms with van der Waals surface area (Å²) >= 11 is 1.42. The number of rotatable bonds is 4. The van der Waals surface area contributed by atoms with Crippen LogP contribution in [-0.4, -0.2) is 33.3 Å². The summed E-state index contributed by atoms with van der Waals surface area (Å²) in [6.45, 7) is 0.213. The number of ether oxygens (including phenoxy) is 2. The first-order chi connectivity index (χ1) is 13.6. The van der Waals surface area contributed by atoms with E-state index in [1.54, 1.807) is 24.3 Å². The number of hydrogen-bond acceptors (Lipinski definition) is 6. The van der Waals surface area contributed by atoms with Gasteiger partial charge in [0.15, 0.2) is 17.4 Å². The SMILES string of the molecule is O=C(Oc1ccccc1)N1CCSc2nnc(COc3ccc(F)cc3F)n21. The first-order valence-electron chi connectivity index (χ1n) is 8.31. The molecule has 1 aliphatic heterocycles. The highest BCUT2D eigenvalue weighted by Crippen LogP contribution is 2.25. The third kappa shape index (κ3) is 3.77. The molecular formula is C18H14F2N4O3S. The Balaban J connectivity index is 1.53. The van der Waals surface area contributed by atoms with Crippen molar-refractivity contribution in [1.82, 2.24) is 14.9 Å². The molecule has 0 aliphatic carbocycles. The van der Waals surface area contributed by atoms with Crippen LogP contribution >= 0.6 is 11.8 Å². The molecule has 0 saturated carbocycles. The summed E-state index contributed by atoms with van der Waals surface area (Å²) < 4.78 is 39.1. The predicted octanol–water partition coefficient (Wildman–Crippen LogP) is 3.38. The predicted molar refractivity (Wildman–Crippen MR) is 97.0 cm³/mol. The summed E-state index contributed by atoms with van der Waals surface area (Å²) in [4.78, 5) is 12.6. The van der Waals surface area contributed by atoms with Gasteiger partial charge in [-0.1, -0.05) is 30.0 Å². The Bertz CT molecular complexity index is 1000. The Kier molecular flexibility index (Phi) is 5.11. The zero-order chi connectivity index (χ0) is 19.5. The van der Waals surface area contributed by atoms with Gasteiger partial charge in [0.05, 0.1) is 6.54 Å². The summed E-state index contributed by atoms with van der Waals surface area (Å²) in [5.41, 5.74) is 0. The van der Waals surface area contributed by atoms with Crippen molar-refractivity contribution in [1.29, 1.82) is 0 Å². The number of thioether (sulfide) groups is 1. The van der Waals surface area contributed by atoms with Crippen molar-refractivity contribution >= 4 is 17.9 Å². The van der Waals surface area contributed by atoms with E-state index >= 15 is 0 Å². The van der Waals surface area contributed by atoms with Crippen molar-refractivity contribution in [2.24, 2.45) is 0 Å². The molecule has 0 unspecified atom stereocenters. The van der Waals surface area contributed by atoms with Gasteiger partial charge in [0.2, 0.25) is 5.16 Å². The van der Waals surface area contributed by atoms with E-state index in [-0.39, 0.29) is 18.2 Å². The van der Waals surface area contributed by atoms with Gasteiger partial charge in [-0.25, -0.2) is 23.3 Å². The third-order valence-electron chi connectivity index (χ3n) is 3.86. The molecule has 0 fully saturated rings. The molecule has 2 heterocycles. The van der Waals surface area contributed by atoms with Crippen molar-refractivity contribution in [3.05, 3.63) is 66.0 Å². The second-order valence-corrected chi connectivity index (χ2v) is 6.79. The molecule has 3 aromatic rings. The third-order valence-corrected chi connectivity index (χ3v) is 4.76. The van der Waals surface area contributed by atoms with Crippen molar-refractivity contribution < 1.29 is 23.0 Å². The lowest BCUT2D eigenvalue weighted by Crippen LogP contribution is -2.47. The van der Waals surface area contributed by atoms with Gasteiger partial charge in [-0.3, -0.25) is 0 Å². The summed E-state index contributed by atoms with van der Waals surface area (Å²) in [6.07, 6.45) is -0.596. The van der Waals surface area contributed by atoms with Crippen LogP contribution in [-0.2, 0) is 6.61 Å². The van der Waals surface area contributed by atoms with E-state index in [0.717, 1.165) is 12.1 Å². The molecule has 2 aromatic carbocycles. The van der Waals surface area contributed by atoms with Crippen LogP contribution in [0.15, 0.2) is 53.7 Å². The molecule has 1 amide bonds. The number of aromatic nitrogens is 3. The Morgan fingerprint density at radius 3 is 2.75 bits per heavy atom. The minimum Gasteiger partial charge on any atom is -0.482 e. The van der Waals surface area contributed by atoms with Gasteiger partial charge in [0, 0.05) is 11.8 Å².